The number of halogens is 1. The molecule has 0 aliphatic rings. The van der Waals surface area contributed by atoms with Gasteiger partial charge in [-0.3, -0.25) is 4.98 Å². The Kier molecular flexibility index (Phi) is 7.64. The maximum Gasteiger partial charge on any atom is 0.0267 e. The molecular formula is C12H17BrN2. The second-order valence-electron chi connectivity index (χ2n) is 2.96. The molecule has 15 heavy (non-hydrogen) atoms. The summed E-state index contributed by atoms with van der Waals surface area (Å²) in [5.74, 6) is 0. The number of hydrogen-bond acceptors (Lipinski definition) is 1. The lowest BCUT2D eigenvalue weighted by Crippen LogP contribution is -1.92. The van der Waals surface area contributed by atoms with E-state index in [1.54, 1.807) is 12.4 Å². The lowest BCUT2D eigenvalue weighted by molar-refractivity contribution is 0.743. The Hall–Kier alpha value is -1.09. The van der Waals surface area contributed by atoms with Crippen LogP contribution in [0.3, 0.4) is 0 Å². The Bertz CT molecular complexity index is 317. The largest absolute Gasteiger partial charge is 0.352 e. The number of hydrogen-bond donors (Lipinski definition) is 0. The van der Waals surface area contributed by atoms with Crippen LogP contribution in [-0.4, -0.2) is 9.55 Å². The molecule has 2 heterocycles. The molecule has 2 aromatic heterocycles. The van der Waals surface area contributed by atoms with E-state index in [1.165, 1.54) is 5.69 Å². The van der Waals surface area contributed by atoms with Gasteiger partial charge in [0.25, 0.3) is 0 Å². The highest BCUT2D eigenvalue weighted by molar-refractivity contribution is 8.93. The molecule has 0 fully saturated rings. The van der Waals surface area contributed by atoms with E-state index < -0.39 is 0 Å². The predicted molar refractivity (Wildman–Crippen MR) is 69.4 cm³/mol. The Morgan fingerprint density at radius 3 is 2.00 bits per heavy atom. The van der Waals surface area contributed by atoms with Gasteiger partial charge in [0.1, 0.15) is 0 Å². The van der Waals surface area contributed by atoms with Crippen LogP contribution in [-0.2, 0) is 6.54 Å². The van der Waals surface area contributed by atoms with Crippen molar-refractivity contribution < 1.29 is 0 Å². The highest BCUT2D eigenvalue weighted by Crippen LogP contribution is 1.97. The lowest BCUT2D eigenvalue weighted by Gasteiger charge is -1.97. The predicted octanol–water partition coefficient (Wildman–Crippen LogP) is 3.48. The molecule has 0 N–H and O–H groups in total. The van der Waals surface area contributed by atoms with E-state index in [1.807, 2.05) is 18.2 Å². The van der Waals surface area contributed by atoms with Crippen molar-refractivity contribution in [1.29, 1.82) is 0 Å². The van der Waals surface area contributed by atoms with Crippen LogP contribution in [0.2, 0.25) is 0 Å². The first-order valence-electron chi connectivity index (χ1n) is 4.81. The first-order chi connectivity index (χ1) is 6.84. The Morgan fingerprint density at radius 1 is 1.13 bits per heavy atom. The zero-order valence-corrected chi connectivity index (χ0v) is 10.8. The average molecular weight is 269 g/mol. The molecule has 0 amide bonds. The summed E-state index contributed by atoms with van der Waals surface area (Å²) in [4.78, 5) is 3.78. The molecule has 82 valence electrons. The normalized spacial score (nSPS) is 8.40. The van der Waals surface area contributed by atoms with Crippen LogP contribution in [0.4, 0.5) is 0 Å². The number of aryl methyl sites for hydroxylation is 2. The molecule has 3 heteroatoms. The number of rotatable bonds is 1. The summed E-state index contributed by atoms with van der Waals surface area (Å²) < 4.78 is 2.21. The minimum atomic E-state index is 0. The summed E-state index contributed by atoms with van der Waals surface area (Å²) in [6, 6.07) is 9.90. The molecule has 0 radical (unpaired) electrons. The Balaban J connectivity index is 0.000000253. The molecule has 0 spiro atoms. The van der Waals surface area contributed by atoms with Gasteiger partial charge in [0, 0.05) is 30.8 Å². The minimum absolute atomic E-state index is 0. The maximum absolute atomic E-state index is 3.78. The molecule has 2 rings (SSSR count). The van der Waals surface area contributed by atoms with Gasteiger partial charge >= 0.3 is 0 Å². The van der Waals surface area contributed by atoms with Crippen molar-refractivity contribution in [2.45, 2.75) is 20.4 Å². The fourth-order valence-electron chi connectivity index (χ4n) is 1.17. The van der Waals surface area contributed by atoms with Gasteiger partial charge in [-0.1, -0.05) is 6.07 Å². The van der Waals surface area contributed by atoms with Gasteiger partial charge in [-0.25, -0.2) is 0 Å². The minimum Gasteiger partial charge on any atom is -0.352 e. The fourth-order valence-corrected chi connectivity index (χ4v) is 1.17. The van der Waals surface area contributed by atoms with Crippen LogP contribution >= 0.6 is 17.0 Å². The molecular weight excluding hydrogens is 252 g/mol. The van der Waals surface area contributed by atoms with Crippen molar-refractivity contribution in [1.82, 2.24) is 9.55 Å². The third-order valence-corrected chi connectivity index (χ3v) is 1.96. The molecule has 0 bridgehead atoms. The van der Waals surface area contributed by atoms with E-state index in [0.717, 1.165) is 6.54 Å². The van der Waals surface area contributed by atoms with Gasteiger partial charge in [-0.15, -0.1) is 17.0 Å². The van der Waals surface area contributed by atoms with Gasteiger partial charge in [-0.2, -0.15) is 0 Å². The number of pyridine rings is 1. The van der Waals surface area contributed by atoms with Crippen molar-refractivity contribution in [3.05, 3.63) is 54.6 Å². The zero-order valence-electron chi connectivity index (χ0n) is 9.13. The van der Waals surface area contributed by atoms with E-state index in [-0.39, 0.29) is 17.0 Å². The van der Waals surface area contributed by atoms with Crippen LogP contribution in [0, 0.1) is 6.92 Å². The SMILES string of the molecule is Br.CCn1cccc1C.c1ccncc1. The zero-order chi connectivity index (χ0) is 10.2. The van der Waals surface area contributed by atoms with Gasteiger partial charge < -0.3 is 4.57 Å². The summed E-state index contributed by atoms with van der Waals surface area (Å²) in [6.45, 7) is 5.34. The van der Waals surface area contributed by atoms with Crippen LogP contribution in [0.15, 0.2) is 48.9 Å². The molecule has 0 atom stereocenters. The summed E-state index contributed by atoms with van der Waals surface area (Å²) in [6.07, 6.45) is 5.59. The summed E-state index contributed by atoms with van der Waals surface area (Å²) in [7, 11) is 0. The monoisotopic (exact) mass is 268 g/mol. The standard InChI is InChI=1S/C7H11N.C5H5N.BrH/c1-3-8-6-4-5-7(8)2;1-2-4-6-5-3-1;/h4-6H,3H2,1-2H3;1-5H;1H. The number of nitrogens with zero attached hydrogens (tertiary/aromatic N) is 2. The average Bonchev–Trinajstić information content (AvgIpc) is 2.67. The highest BCUT2D eigenvalue weighted by Gasteiger charge is 1.86. The molecule has 2 nitrogen and oxygen atoms in total. The molecule has 0 saturated heterocycles. The molecule has 0 aromatic carbocycles. The van der Waals surface area contributed by atoms with Crippen LogP contribution < -0.4 is 0 Å². The van der Waals surface area contributed by atoms with Gasteiger partial charge in [0.05, 0.1) is 0 Å². The van der Waals surface area contributed by atoms with Crippen molar-refractivity contribution in [2.24, 2.45) is 0 Å². The summed E-state index contributed by atoms with van der Waals surface area (Å²) in [5.41, 5.74) is 1.34. The van der Waals surface area contributed by atoms with Gasteiger partial charge in [0.15, 0.2) is 0 Å². The molecule has 0 aliphatic heterocycles. The molecule has 0 aliphatic carbocycles. The second kappa shape index (κ2) is 8.24. The van der Waals surface area contributed by atoms with E-state index in [2.05, 4.69) is 41.7 Å². The van der Waals surface area contributed by atoms with Gasteiger partial charge in [0.2, 0.25) is 0 Å². The number of aromatic nitrogens is 2. The van der Waals surface area contributed by atoms with Gasteiger partial charge in [-0.05, 0) is 38.1 Å². The molecule has 0 saturated carbocycles. The Morgan fingerprint density at radius 2 is 1.80 bits per heavy atom. The molecule has 2 aromatic rings. The first kappa shape index (κ1) is 13.9. The smallest absolute Gasteiger partial charge is 0.0267 e. The quantitative estimate of drug-likeness (QED) is 0.775. The van der Waals surface area contributed by atoms with Crippen LogP contribution in [0.5, 0.6) is 0 Å². The van der Waals surface area contributed by atoms with E-state index >= 15 is 0 Å². The lowest BCUT2D eigenvalue weighted by atomic mass is 10.5. The third kappa shape index (κ3) is 5.37. The van der Waals surface area contributed by atoms with E-state index in [4.69, 9.17) is 0 Å². The van der Waals surface area contributed by atoms with E-state index in [9.17, 15) is 0 Å². The van der Waals surface area contributed by atoms with Crippen molar-refractivity contribution in [3.63, 3.8) is 0 Å². The van der Waals surface area contributed by atoms with E-state index in [0.29, 0.717) is 0 Å². The van der Waals surface area contributed by atoms with Crippen molar-refractivity contribution in [2.75, 3.05) is 0 Å². The van der Waals surface area contributed by atoms with Crippen molar-refractivity contribution in [3.8, 4) is 0 Å². The third-order valence-electron chi connectivity index (χ3n) is 1.96. The maximum atomic E-state index is 3.78. The molecule has 0 unspecified atom stereocenters. The summed E-state index contributed by atoms with van der Waals surface area (Å²) >= 11 is 0. The van der Waals surface area contributed by atoms with Crippen LogP contribution in [0.25, 0.3) is 0 Å². The van der Waals surface area contributed by atoms with Crippen molar-refractivity contribution >= 4 is 17.0 Å². The fraction of sp³-hybridized carbons (Fsp3) is 0.250. The van der Waals surface area contributed by atoms with Crippen LogP contribution in [0.1, 0.15) is 12.6 Å². The Labute approximate surface area is 102 Å². The first-order valence-corrected chi connectivity index (χ1v) is 4.81. The highest BCUT2D eigenvalue weighted by atomic mass is 79.9. The topological polar surface area (TPSA) is 17.8 Å². The summed E-state index contributed by atoms with van der Waals surface area (Å²) in [5, 5.41) is 0. The second-order valence-corrected chi connectivity index (χ2v) is 2.96.